The van der Waals surface area contributed by atoms with E-state index in [0.29, 0.717) is 5.56 Å². The Balaban J connectivity index is 1.45. The van der Waals surface area contributed by atoms with Gasteiger partial charge in [0.1, 0.15) is 18.0 Å². The Morgan fingerprint density at radius 1 is 0.923 bits per heavy atom. The molecule has 0 heterocycles. The second-order valence-electron chi connectivity index (χ2n) is 10.6. The van der Waals surface area contributed by atoms with E-state index in [4.69, 9.17) is 13.7 Å². The molecule has 0 bridgehead atoms. The molecule has 1 atom stereocenters. The lowest BCUT2D eigenvalue weighted by molar-refractivity contribution is -0.155. The Bertz CT molecular complexity index is 1410. The van der Waals surface area contributed by atoms with Gasteiger partial charge in [0, 0.05) is 18.4 Å². The first kappa shape index (κ1) is 28.2. The largest absolute Gasteiger partial charge is 0.460 e. The molecule has 0 aromatic heterocycles. The predicted molar refractivity (Wildman–Crippen MR) is 148 cm³/mol. The smallest absolute Gasteiger partial charge is 0.407 e. The van der Waals surface area contributed by atoms with Crippen molar-refractivity contribution in [3.05, 3.63) is 89.5 Å². The molecular formula is C30H33NO7S. The summed E-state index contributed by atoms with van der Waals surface area (Å²) in [5.41, 5.74) is 4.42. The quantitative estimate of drug-likeness (QED) is 0.281. The molecule has 0 aliphatic heterocycles. The Hall–Kier alpha value is -3.85. The van der Waals surface area contributed by atoms with Gasteiger partial charge in [-0.25, -0.2) is 4.79 Å². The molecule has 0 fully saturated rings. The van der Waals surface area contributed by atoms with E-state index in [9.17, 15) is 18.0 Å². The number of hydrogen-bond donors (Lipinski definition) is 1. The molecular weight excluding hydrogens is 518 g/mol. The van der Waals surface area contributed by atoms with E-state index in [1.807, 2.05) is 36.4 Å². The van der Waals surface area contributed by atoms with Crippen LogP contribution in [0.4, 0.5) is 4.79 Å². The van der Waals surface area contributed by atoms with Crippen LogP contribution in [0.3, 0.4) is 0 Å². The number of carbonyl (C=O) groups is 2. The molecule has 4 rings (SSSR count). The van der Waals surface area contributed by atoms with Crippen molar-refractivity contribution in [1.29, 1.82) is 0 Å². The number of fused-ring (bicyclic) bond motifs is 3. The molecule has 0 spiro atoms. The minimum atomic E-state index is -3.73. The van der Waals surface area contributed by atoms with Crippen molar-refractivity contribution in [1.82, 2.24) is 5.32 Å². The van der Waals surface area contributed by atoms with Gasteiger partial charge >= 0.3 is 22.2 Å². The van der Waals surface area contributed by atoms with Crippen LogP contribution in [-0.2, 0) is 24.4 Å². The Labute approximate surface area is 229 Å². The van der Waals surface area contributed by atoms with Crippen molar-refractivity contribution < 1.29 is 31.7 Å². The molecule has 0 saturated carbocycles. The molecule has 1 unspecified atom stereocenters. The number of carbonyl (C=O) groups excluding carboxylic acids is 2. The highest BCUT2D eigenvalue weighted by Gasteiger charge is 2.29. The first-order chi connectivity index (χ1) is 18.4. The van der Waals surface area contributed by atoms with E-state index in [-0.39, 0.29) is 31.2 Å². The third-order valence-electron chi connectivity index (χ3n) is 6.25. The zero-order valence-corrected chi connectivity index (χ0v) is 23.3. The van der Waals surface area contributed by atoms with E-state index >= 15 is 0 Å². The van der Waals surface area contributed by atoms with Gasteiger partial charge in [-0.3, -0.25) is 4.79 Å². The SMILES string of the molecule is CC(C)(C)OC(=O)CC(CNC(=O)OCC1c2ccccc2-c2ccccc21)c1cccc(OS(C)(=O)=O)c1. The predicted octanol–water partition coefficient (Wildman–Crippen LogP) is 5.38. The molecule has 39 heavy (non-hydrogen) atoms. The summed E-state index contributed by atoms with van der Waals surface area (Å²) in [4.78, 5) is 25.4. The number of rotatable bonds is 9. The Morgan fingerprint density at radius 3 is 2.13 bits per heavy atom. The standard InChI is InChI=1S/C30H33NO7S/c1-30(2,3)37-28(32)17-21(20-10-9-11-22(16-20)38-39(4,34)35)18-31-29(33)36-19-27-25-14-7-5-12-23(25)24-13-6-8-15-26(24)27/h5-16,21,27H,17-19H2,1-4H3,(H,31,33). The second kappa shape index (κ2) is 11.5. The van der Waals surface area contributed by atoms with Gasteiger partial charge in [0.05, 0.1) is 12.7 Å². The fourth-order valence-corrected chi connectivity index (χ4v) is 5.20. The maximum Gasteiger partial charge on any atom is 0.407 e. The van der Waals surface area contributed by atoms with E-state index in [1.54, 1.807) is 32.9 Å². The summed E-state index contributed by atoms with van der Waals surface area (Å²) in [7, 11) is -3.73. The van der Waals surface area contributed by atoms with Crippen molar-refractivity contribution in [3.63, 3.8) is 0 Å². The maximum absolute atomic E-state index is 12.8. The molecule has 9 heteroatoms. The molecule has 8 nitrogen and oxygen atoms in total. The van der Waals surface area contributed by atoms with Crippen LogP contribution >= 0.6 is 0 Å². The number of ether oxygens (including phenoxy) is 2. The minimum absolute atomic E-state index is 0.0384. The molecule has 206 valence electrons. The van der Waals surface area contributed by atoms with Gasteiger partial charge in [-0.1, -0.05) is 60.7 Å². The van der Waals surface area contributed by atoms with Crippen LogP contribution in [0, 0.1) is 0 Å². The Morgan fingerprint density at radius 2 is 1.54 bits per heavy atom. The summed E-state index contributed by atoms with van der Waals surface area (Å²) in [6.07, 6.45) is 0.300. The third-order valence-corrected chi connectivity index (χ3v) is 6.74. The lowest BCUT2D eigenvalue weighted by Gasteiger charge is -2.23. The van der Waals surface area contributed by atoms with Crippen LogP contribution in [0.2, 0.25) is 0 Å². The maximum atomic E-state index is 12.8. The average molecular weight is 552 g/mol. The molecule has 3 aromatic rings. The second-order valence-corrected chi connectivity index (χ2v) is 12.1. The monoisotopic (exact) mass is 551 g/mol. The van der Waals surface area contributed by atoms with E-state index in [2.05, 4.69) is 17.4 Å². The van der Waals surface area contributed by atoms with Gasteiger partial charge in [-0.05, 0) is 60.7 Å². The van der Waals surface area contributed by atoms with Crippen LogP contribution in [0.5, 0.6) is 5.75 Å². The van der Waals surface area contributed by atoms with Gasteiger partial charge in [0.15, 0.2) is 0 Å². The minimum Gasteiger partial charge on any atom is -0.460 e. The molecule has 0 radical (unpaired) electrons. The molecule has 0 saturated heterocycles. The van der Waals surface area contributed by atoms with E-state index in [1.165, 1.54) is 12.1 Å². The Kier molecular flexibility index (Phi) is 8.30. The van der Waals surface area contributed by atoms with Crippen LogP contribution in [0.25, 0.3) is 11.1 Å². The number of hydrogen-bond acceptors (Lipinski definition) is 7. The number of nitrogens with one attached hydrogen (secondary N) is 1. The number of esters is 1. The molecule has 1 aliphatic carbocycles. The third kappa shape index (κ3) is 7.60. The van der Waals surface area contributed by atoms with Crippen molar-refractivity contribution >= 4 is 22.2 Å². The van der Waals surface area contributed by atoms with Crippen molar-refractivity contribution in [2.75, 3.05) is 19.4 Å². The molecule has 1 amide bonds. The van der Waals surface area contributed by atoms with Gasteiger partial charge in [0.25, 0.3) is 0 Å². The van der Waals surface area contributed by atoms with Crippen molar-refractivity contribution in [3.8, 4) is 16.9 Å². The normalized spacial score (nSPS) is 13.6. The summed E-state index contributed by atoms with van der Waals surface area (Å²) in [5.74, 6) is -0.921. The average Bonchev–Trinajstić information content (AvgIpc) is 3.17. The van der Waals surface area contributed by atoms with E-state index < -0.39 is 33.7 Å². The summed E-state index contributed by atoms with van der Waals surface area (Å²) < 4.78 is 39.3. The first-order valence-corrected chi connectivity index (χ1v) is 14.5. The summed E-state index contributed by atoms with van der Waals surface area (Å²) in [6.45, 7) is 5.55. The first-order valence-electron chi connectivity index (χ1n) is 12.7. The van der Waals surface area contributed by atoms with Crippen LogP contribution in [-0.4, -0.2) is 45.5 Å². The lowest BCUT2D eigenvalue weighted by atomic mass is 9.95. The highest BCUT2D eigenvalue weighted by atomic mass is 32.2. The molecule has 1 N–H and O–H groups in total. The summed E-state index contributed by atoms with van der Waals surface area (Å²) >= 11 is 0. The number of amides is 1. The highest BCUT2D eigenvalue weighted by Crippen LogP contribution is 2.44. The van der Waals surface area contributed by atoms with Gasteiger partial charge < -0.3 is 19.0 Å². The molecule has 1 aliphatic rings. The van der Waals surface area contributed by atoms with Crippen LogP contribution < -0.4 is 9.50 Å². The van der Waals surface area contributed by atoms with Crippen molar-refractivity contribution in [2.24, 2.45) is 0 Å². The van der Waals surface area contributed by atoms with Crippen molar-refractivity contribution in [2.45, 2.75) is 44.6 Å². The lowest BCUT2D eigenvalue weighted by Crippen LogP contribution is -2.32. The van der Waals surface area contributed by atoms with E-state index in [0.717, 1.165) is 28.5 Å². The number of benzene rings is 3. The fraction of sp³-hybridized carbons (Fsp3) is 0.333. The van der Waals surface area contributed by atoms with Crippen LogP contribution in [0.1, 0.15) is 55.7 Å². The zero-order valence-electron chi connectivity index (χ0n) is 22.5. The van der Waals surface area contributed by atoms with Gasteiger partial charge in [0.2, 0.25) is 0 Å². The van der Waals surface area contributed by atoms with Gasteiger partial charge in [-0.2, -0.15) is 8.42 Å². The summed E-state index contributed by atoms with van der Waals surface area (Å²) in [6, 6.07) is 22.6. The summed E-state index contributed by atoms with van der Waals surface area (Å²) in [5, 5.41) is 2.76. The fourth-order valence-electron chi connectivity index (χ4n) is 4.74. The van der Waals surface area contributed by atoms with Gasteiger partial charge in [-0.15, -0.1) is 0 Å². The number of alkyl carbamates (subject to hydrolysis) is 1. The highest BCUT2D eigenvalue weighted by molar-refractivity contribution is 7.86. The molecule has 3 aromatic carbocycles. The topological polar surface area (TPSA) is 108 Å². The van der Waals surface area contributed by atoms with Crippen LogP contribution in [0.15, 0.2) is 72.8 Å². The zero-order chi connectivity index (χ0) is 28.2.